The number of likely N-dealkylation sites (N-methyl/N-ethyl adjacent to an activating group) is 1. The number of benzene rings is 1. The lowest BCUT2D eigenvalue weighted by atomic mass is 9.78. The van der Waals surface area contributed by atoms with Crippen LogP contribution in [-0.2, 0) is 10.2 Å². The predicted molar refractivity (Wildman–Crippen MR) is 71.8 cm³/mol. The van der Waals surface area contributed by atoms with Crippen LogP contribution in [0.1, 0.15) is 12.5 Å². The van der Waals surface area contributed by atoms with Crippen LogP contribution in [0.25, 0.3) is 0 Å². The molecule has 1 aromatic rings. The summed E-state index contributed by atoms with van der Waals surface area (Å²) in [6.45, 7) is 5.83. The van der Waals surface area contributed by atoms with Crippen LogP contribution in [0.5, 0.6) is 0 Å². The van der Waals surface area contributed by atoms with Gasteiger partial charge in [-0.05, 0) is 24.2 Å². The Hall–Kier alpha value is -1.06. The van der Waals surface area contributed by atoms with Crippen molar-refractivity contribution in [3.8, 4) is 0 Å². The molecule has 1 aromatic carbocycles. The molecule has 0 saturated carbocycles. The molecule has 1 heterocycles. The normalized spacial score (nSPS) is 17.6. The highest BCUT2D eigenvalue weighted by Gasteiger charge is 2.39. The van der Waals surface area contributed by atoms with Crippen molar-refractivity contribution in [2.24, 2.45) is 0 Å². The van der Waals surface area contributed by atoms with Crippen molar-refractivity contribution < 1.29 is 4.74 Å². The molecule has 0 radical (unpaired) electrons. The summed E-state index contributed by atoms with van der Waals surface area (Å²) >= 11 is 0. The molecule has 3 heteroatoms. The highest BCUT2D eigenvalue weighted by molar-refractivity contribution is 5.47. The average Bonchev–Trinajstić information content (AvgIpc) is 2.28. The van der Waals surface area contributed by atoms with Gasteiger partial charge in [-0.15, -0.1) is 0 Å². The van der Waals surface area contributed by atoms with Gasteiger partial charge in [0.1, 0.15) is 0 Å². The maximum absolute atomic E-state index is 5.42. The van der Waals surface area contributed by atoms with Crippen molar-refractivity contribution >= 4 is 5.69 Å². The van der Waals surface area contributed by atoms with Crippen LogP contribution < -0.4 is 10.2 Å². The summed E-state index contributed by atoms with van der Waals surface area (Å²) in [5.41, 5.74) is 2.82. The summed E-state index contributed by atoms with van der Waals surface area (Å²) in [6, 6.07) is 8.83. The third-order valence-electron chi connectivity index (χ3n) is 3.47. The van der Waals surface area contributed by atoms with Gasteiger partial charge in [0.05, 0.1) is 18.6 Å². The van der Waals surface area contributed by atoms with Crippen LogP contribution in [0.2, 0.25) is 0 Å². The summed E-state index contributed by atoms with van der Waals surface area (Å²) in [4.78, 5) is 2.12. The van der Waals surface area contributed by atoms with Gasteiger partial charge in [0, 0.05) is 26.3 Å². The zero-order chi connectivity index (χ0) is 12.3. The Morgan fingerprint density at radius 3 is 2.29 bits per heavy atom. The predicted octanol–water partition coefficient (Wildman–Crippen LogP) is 1.63. The average molecular weight is 234 g/mol. The lowest BCUT2D eigenvalue weighted by molar-refractivity contribution is -0.0588. The van der Waals surface area contributed by atoms with Crippen LogP contribution in [0.3, 0.4) is 0 Å². The Labute approximate surface area is 104 Å². The fourth-order valence-corrected chi connectivity index (χ4v) is 2.20. The van der Waals surface area contributed by atoms with Crippen LogP contribution in [0.15, 0.2) is 24.3 Å². The van der Waals surface area contributed by atoms with Crippen molar-refractivity contribution in [2.75, 3.05) is 45.3 Å². The molecular weight excluding hydrogens is 212 g/mol. The highest BCUT2D eigenvalue weighted by Crippen LogP contribution is 2.32. The molecule has 0 spiro atoms. The lowest BCUT2D eigenvalue weighted by Gasteiger charge is -2.42. The van der Waals surface area contributed by atoms with E-state index >= 15 is 0 Å². The van der Waals surface area contributed by atoms with Crippen LogP contribution >= 0.6 is 0 Å². The Kier molecular flexibility index (Phi) is 3.69. The third-order valence-corrected chi connectivity index (χ3v) is 3.47. The number of anilines is 1. The van der Waals surface area contributed by atoms with E-state index in [9.17, 15) is 0 Å². The number of nitrogens with one attached hydrogen (secondary N) is 1. The quantitative estimate of drug-likeness (QED) is 0.838. The molecule has 0 amide bonds. The molecular formula is C14H22N2O. The van der Waals surface area contributed by atoms with E-state index in [1.54, 1.807) is 0 Å². The largest absolute Gasteiger partial charge is 0.379 e. The number of hydrogen-bond acceptors (Lipinski definition) is 3. The van der Waals surface area contributed by atoms with Crippen molar-refractivity contribution in [1.82, 2.24) is 5.32 Å². The summed E-state index contributed by atoms with van der Waals surface area (Å²) in [5.74, 6) is 0. The van der Waals surface area contributed by atoms with Crippen molar-refractivity contribution in [3.63, 3.8) is 0 Å². The van der Waals surface area contributed by atoms with E-state index in [1.165, 1.54) is 11.3 Å². The molecule has 1 saturated heterocycles. The van der Waals surface area contributed by atoms with E-state index < -0.39 is 0 Å². The Bertz CT molecular complexity index is 355. The summed E-state index contributed by atoms with van der Waals surface area (Å²) in [6.07, 6.45) is 0. The van der Waals surface area contributed by atoms with Gasteiger partial charge in [-0.25, -0.2) is 0 Å². The molecule has 3 nitrogen and oxygen atoms in total. The van der Waals surface area contributed by atoms with Crippen molar-refractivity contribution in [3.05, 3.63) is 29.8 Å². The lowest BCUT2D eigenvalue weighted by Crippen LogP contribution is -2.53. The van der Waals surface area contributed by atoms with Gasteiger partial charge in [0.15, 0.2) is 0 Å². The number of ether oxygens (including phenoxy) is 1. The van der Waals surface area contributed by atoms with E-state index in [-0.39, 0.29) is 5.41 Å². The summed E-state index contributed by atoms with van der Waals surface area (Å²) in [5, 5.41) is 3.44. The molecule has 1 N–H and O–H groups in total. The van der Waals surface area contributed by atoms with E-state index in [4.69, 9.17) is 4.74 Å². The standard InChI is InChI=1S/C14H22N2O/c1-4-15-9-14(10-17-11-14)12-5-7-13(8-6-12)16(2)3/h5-8,15H,4,9-11H2,1-3H3. The minimum absolute atomic E-state index is 0.195. The molecule has 0 bridgehead atoms. The van der Waals surface area contributed by atoms with E-state index in [0.717, 1.165) is 26.3 Å². The molecule has 2 rings (SSSR count). The molecule has 1 aliphatic rings. The van der Waals surface area contributed by atoms with E-state index in [2.05, 4.69) is 55.5 Å². The van der Waals surface area contributed by atoms with Crippen molar-refractivity contribution in [2.45, 2.75) is 12.3 Å². The number of hydrogen-bond donors (Lipinski definition) is 1. The second-order valence-electron chi connectivity index (χ2n) is 4.99. The SMILES string of the molecule is CCNCC1(c2ccc(N(C)C)cc2)COC1. The third kappa shape index (κ3) is 2.45. The summed E-state index contributed by atoms with van der Waals surface area (Å²) < 4.78 is 5.42. The second-order valence-corrected chi connectivity index (χ2v) is 4.99. The van der Waals surface area contributed by atoms with Gasteiger partial charge in [-0.1, -0.05) is 19.1 Å². The fraction of sp³-hybridized carbons (Fsp3) is 0.571. The molecule has 17 heavy (non-hydrogen) atoms. The molecule has 0 aliphatic carbocycles. The van der Waals surface area contributed by atoms with Gasteiger partial charge in [0.2, 0.25) is 0 Å². The monoisotopic (exact) mass is 234 g/mol. The highest BCUT2D eigenvalue weighted by atomic mass is 16.5. The first-order valence-electron chi connectivity index (χ1n) is 6.24. The zero-order valence-electron chi connectivity index (χ0n) is 11.0. The first-order valence-corrected chi connectivity index (χ1v) is 6.24. The topological polar surface area (TPSA) is 24.5 Å². The zero-order valence-corrected chi connectivity index (χ0v) is 11.0. The number of nitrogens with zero attached hydrogens (tertiary/aromatic N) is 1. The molecule has 0 unspecified atom stereocenters. The van der Waals surface area contributed by atoms with Crippen LogP contribution in [0.4, 0.5) is 5.69 Å². The molecule has 0 atom stereocenters. The van der Waals surface area contributed by atoms with Crippen LogP contribution in [0, 0.1) is 0 Å². The summed E-state index contributed by atoms with van der Waals surface area (Å²) in [7, 11) is 4.13. The minimum Gasteiger partial charge on any atom is -0.379 e. The minimum atomic E-state index is 0.195. The van der Waals surface area contributed by atoms with E-state index in [1.807, 2.05) is 0 Å². The molecule has 0 aromatic heterocycles. The van der Waals surface area contributed by atoms with Gasteiger partial charge in [-0.3, -0.25) is 0 Å². The molecule has 94 valence electrons. The Balaban J connectivity index is 2.14. The Morgan fingerprint density at radius 1 is 1.24 bits per heavy atom. The second kappa shape index (κ2) is 5.07. The number of rotatable bonds is 5. The maximum Gasteiger partial charge on any atom is 0.0598 e. The molecule has 1 fully saturated rings. The van der Waals surface area contributed by atoms with Crippen LogP contribution in [-0.4, -0.2) is 40.4 Å². The van der Waals surface area contributed by atoms with Gasteiger partial charge < -0.3 is 15.0 Å². The first-order chi connectivity index (χ1) is 8.18. The van der Waals surface area contributed by atoms with Gasteiger partial charge >= 0.3 is 0 Å². The Morgan fingerprint density at radius 2 is 1.88 bits per heavy atom. The first kappa shape index (κ1) is 12.4. The smallest absolute Gasteiger partial charge is 0.0598 e. The van der Waals surface area contributed by atoms with Gasteiger partial charge in [-0.2, -0.15) is 0 Å². The van der Waals surface area contributed by atoms with Crippen molar-refractivity contribution in [1.29, 1.82) is 0 Å². The maximum atomic E-state index is 5.42. The fourth-order valence-electron chi connectivity index (χ4n) is 2.20. The van der Waals surface area contributed by atoms with Gasteiger partial charge in [0.25, 0.3) is 0 Å². The molecule has 1 aliphatic heterocycles. The van der Waals surface area contributed by atoms with E-state index in [0.29, 0.717) is 0 Å².